The van der Waals surface area contributed by atoms with Gasteiger partial charge in [0, 0.05) is 12.1 Å². The van der Waals surface area contributed by atoms with Crippen LogP contribution in [0.4, 0.5) is 8.78 Å². The third kappa shape index (κ3) is 3.96. The highest BCUT2D eigenvalue weighted by atomic mass is 32.2. The molecule has 0 spiro atoms. The number of hydrogen-bond acceptors (Lipinski definition) is 6. The predicted molar refractivity (Wildman–Crippen MR) is 120 cm³/mol. The summed E-state index contributed by atoms with van der Waals surface area (Å²) in [5.74, 6) is -1.23. The van der Waals surface area contributed by atoms with E-state index >= 15 is 0 Å². The summed E-state index contributed by atoms with van der Waals surface area (Å²) in [6.45, 7) is 1.35. The number of nitrogens with one attached hydrogen (secondary N) is 1. The molecule has 1 amide bonds. The minimum atomic E-state index is -3.17. The number of aromatic nitrogens is 3. The number of fused-ring (bicyclic) bond motifs is 1. The van der Waals surface area contributed by atoms with Gasteiger partial charge in [0.1, 0.15) is 28.7 Å². The van der Waals surface area contributed by atoms with E-state index in [2.05, 4.69) is 15.3 Å². The fraction of sp³-hybridized carbons (Fsp3) is 0.261. The van der Waals surface area contributed by atoms with Crippen LogP contribution in [0, 0.1) is 18.6 Å². The second-order valence-electron chi connectivity index (χ2n) is 8.17. The van der Waals surface area contributed by atoms with Crippen molar-refractivity contribution in [2.24, 2.45) is 0 Å². The van der Waals surface area contributed by atoms with Crippen molar-refractivity contribution in [3.05, 3.63) is 71.4 Å². The smallest absolute Gasteiger partial charge is 0.272 e. The third-order valence-electron chi connectivity index (χ3n) is 5.90. The number of aryl methyl sites for hydroxylation is 1. The van der Waals surface area contributed by atoms with Crippen molar-refractivity contribution >= 4 is 26.8 Å². The number of rotatable bonds is 5. The zero-order chi connectivity index (χ0) is 24.0. The van der Waals surface area contributed by atoms with Gasteiger partial charge in [-0.1, -0.05) is 6.07 Å². The summed E-state index contributed by atoms with van der Waals surface area (Å²) in [5, 5.41) is 2.52. The molecule has 4 aromatic rings. The van der Waals surface area contributed by atoms with Gasteiger partial charge in [-0.25, -0.2) is 27.2 Å². The number of benzene rings is 1. The zero-order valence-electron chi connectivity index (χ0n) is 18.1. The van der Waals surface area contributed by atoms with Crippen LogP contribution >= 0.6 is 0 Å². The Kier molecular flexibility index (Phi) is 5.43. The summed E-state index contributed by atoms with van der Waals surface area (Å²) < 4.78 is 59.5. The van der Waals surface area contributed by atoms with Crippen LogP contribution in [0.3, 0.4) is 0 Å². The van der Waals surface area contributed by atoms with Gasteiger partial charge in [0.05, 0.1) is 29.3 Å². The number of furan rings is 1. The van der Waals surface area contributed by atoms with Crippen LogP contribution in [0.15, 0.2) is 47.1 Å². The van der Waals surface area contributed by atoms with Gasteiger partial charge in [-0.15, -0.1) is 0 Å². The second kappa shape index (κ2) is 8.32. The lowest BCUT2D eigenvalue weighted by molar-refractivity contribution is 0.0947. The second-order valence-corrected chi connectivity index (χ2v) is 10.4. The Labute approximate surface area is 193 Å². The van der Waals surface area contributed by atoms with Crippen LogP contribution in [-0.4, -0.2) is 40.4 Å². The SMILES string of the molecule is Cc1nc2c(C(=O)NCc3c(F)cccc3F)nc(-c3ccco3)cc2n1C1CCS(=O)(=O)C1. The fourth-order valence-electron chi connectivity index (χ4n) is 4.31. The summed E-state index contributed by atoms with van der Waals surface area (Å²) in [4.78, 5) is 22.1. The quantitative estimate of drug-likeness (QED) is 0.462. The van der Waals surface area contributed by atoms with Gasteiger partial charge in [0.25, 0.3) is 5.91 Å². The fourth-order valence-corrected chi connectivity index (χ4v) is 6.01. The molecular weight excluding hydrogens is 466 g/mol. The molecule has 1 saturated heterocycles. The van der Waals surface area contributed by atoms with Crippen LogP contribution in [-0.2, 0) is 16.4 Å². The molecule has 1 unspecified atom stereocenters. The summed E-state index contributed by atoms with van der Waals surface area (Å²) in [6.07, 6.45) is 1.90. The molecule has 1 N–H and O–H groups in total. The molecule has 11 heteroatoms. The molecule has 3 aromatic heterocycles. The van der Waals surface area contributed by atoms with Gasteiger partial charge < -0.3 is 14.3 Å². The molecule has 1 aromatic carbocycles. The van der Waals surface area contributed by atoms with E-state index in [1.807, 2.05) is 0 Å². The van der Waals surface area contributed by atoms with Gasteiger partial charge in [-0.3, -0.25) is 4.79 Å². The molecule has 8 nitrogen and oxygen atoms in total. The molecule has 1 aliphatic heterocycles. The van der Waals surface area contributed by atoms with Crippen molar-refractivity contribution < 1.29 is 26.4 Å². The molecule has 34 heavy (non-hydrogen) atoms. The Morgan fingerprint density at radius 2 is 1.97 bits per heavy atom. The monoisotopic (exact) mass is 486 g/mol. The van der Waals surface area contributed by atoms with Gasteiger partial charge in [0.15, 0.2) is 21.3 Å². The van der Waals surface area contributed by atoms with E-state index in [4.69, 9.17) is 4.42 Å². The van der Waals surface area contributed by atoms with Crippen molar-refractivity contribution in [3.8, 4) is 11.5 Å². The average Bonchev–Trinajstić information content (AvgIpc) is 3.50. The third-order valence-corrected chi connectivity index (χ3v) is 7.65. The van der Waals surface area contributed by atoms with Gasteiger partial charge in [-0.05, 0) is 43.7 Å². The Balaban J connectivity index is 1.59. The molecule has 4 heterocycles. The molecule has 0 aliphatic carbocycles. The van der Waals surface area contributed by atoms with Crippen molar-refractivity contribution in [1.82, 2.24) is 19.9 Å². The molecule has 5 rings (SSSR count). The number of imidazole rings is 1. The molecule has 1 atom stereocenters. The zero-order valence-corrected chi connectivity index (χ0v) is 18.9. The molecule has 0 bridgehead atoms. The first-order valence-corrected chi connectivity index (χ1v) is 12.4. The lowest BCUT2D eigenvalue weighted by Gasteiger charge is -2.14. The lowest BCUT2D eigenvalue weighted by Crippen LogP contribution is -2.25. The maximum Gasteiger partial charge on any atom is 0.272 e. The van der Waals surface area contributed by atoms with Crippen molar-refractivity contribution in [1.29, 1.82) is 0 Å². The maximum atomic E-state index is 14.0. The molecule has 1 fully saturated rings. The van der Waals surface area contributed by atoms with Crippen LogP contribution < -0.4 is 5.32 Å². The largest absolute Gasteiger partial charge is 0.463 e. The Hall–Kier alpha value is -3.60. The number of amides is 1. The number of carbonyl (C=O) groups excluding carboxylic acids is 1. The number of halogens is 2. The molecule has 176 valence electrons. The Morgan fingerprint density at radius 1 is 1.21 bits per heavy atom. The molecule has 1 aliphatic rings. The predicted octanol–water partition coefficient (Wildman–Crippen LogP) is 3.57. The van der Waals surface area contributed by atoms with Crippen LogP contribution in [0.25, 0.3) is 22.5 Å². The van der Waals surface area contributed by atoms with E-state index in [1.54, 1.807) is 29.7 Å². The Bertz CT molecular complexity index is 1490. The van der Waals surface area contributed by atoms with Crippen LogP contribution in [0.2, 0.25) is 0 Å². The van der Waals surface area contributed by atoms with Crippen molar-refractivity contribution in [2.45, 2.75) is 25.9 Å². The topological polar surface area (TPSA) is 107 Å². The molecular formula is C23H20F2N4O4S. The van der Waals surface area contributed by atoms with E-state index < -0.39 is 27.4 Å². The minimum absolute atomic E-state index is 0.0220. The number of sulfone groups is 1. The van der Waals surface area contributed by atoms with E-state index in [0.717, 1.165) is 12.1 Å². The highest BCUT2D eigenvalue weighted by molar-refractivity contribution is 7.91. The first-order chi connectivity index (χ1) is 16.2. The van der Waals surface area contributed by atoms with Gasteiger partial charge >= 0.3 is 0 Å². The van der Waals surface area contributed by atoms with Crippen molar-refractivity contribution in [3.63, 3.8) is 0 Å². The lowest BCUT2D eigenvalue weighted by atomic mass is 10.1. The van der Waals surface area contributed by atoms with E-state index in [1.165, 1.54) is 12.3 Å². The minimum Gasteiger partial charge on any atom is -0.463 e. The first kappa shape index (κ1) is 22.2. The van der Waals surface area contributed by atoms with Crippen LogP contribution in [0.1, 0.15) is 34.3 Å². The normalized spacial score (nSPS) is 17.3. The summed E-state index contributed by atoms with van der Waals surface area (Å²) in [7, 11) is -3.17. The number of pyridine rings is 1. The standard InChI is InChI=1S/C23H20F2N4O4S/c1-13-27-21-19(29(13)14-7-9-34(31,32)12-14)10-18(20-6-3-8-33-20)28-22(21)23(30)26-11-15-16(24)4-2-5-17(15)25/h2-6,8,10,14H,7,9,11-12H2,1H3,(H,26,30). The summed E-state index contributed by atoms with van der Waals surface area (Å²) in [5.41, 5.74) is 0.823. The average molecular weight is 487 g/mol. The Morgan fingerprint density at radius 3 is 2.62 bits per heavy atom. The maximum absolute atomic E-state index is 14.0. The van der Waals surface area contributed by atoms with Crippen molar-refractivity contribution in [2.75, 3.05) is 11.5 Å². The molecule has 0 radical (unpaired) electrons. The highest BCUT2D eigenvalue weighted by Gasteiger charge is 2.32. The number of hydrogen-bond donors (Lipinski definition) is 1. The van der Waals surface area contributed by atoms with E-state index in [9.17, 15) is 22.0 Å². The summed E-state index contributed by atoms with van der Waals surface area (Å²) >= 11 is 0. The summed E-state index contributed by atoms with van der Waals surface area (Å²) in [6, 6.07) is 8.19. The first-order valence-electron chi connectivity index (χ1n) is 10.6. The van der Waals surface area contributed by atoms with E-state index in [-0.39, 0.29) is 40.9 Å². The highest BCUT2D eigenvalue weighted by Crippen LogP contribution is 2.32. The van der Waals surface area contributed by atoms with Crippen LogP contribution in [0.5, 0.6) is 0 Å². The van der Waals surface area contributed by atoms with Gasteiger partial charge in [0.2, 0.25) is 0 Å². The van der Waals surface area contributed by atoms with Gasteiger partial charge in [-0.2, -0.15) is 0 Å². The number of carbonyl (C=O) groups is 1. The molecule has 0 saturated carbocycles. The van der Waals surface area contributed by atoms with E-state index in [0.29, 0.717) is 29.2 Å². The number of nitrogens with zero attached hydrogens (tertiary/aromatic N) is 3.